The Hall–Kier alpha value is -0.870. The predicted molar refractivity (Wildman–Crippen MR) is 50.7 cm³/mol. The van der Waals surface area contributed by atoms with Gasteiger partial charge in [-0.25, -0.2) is 0 Å². The highest BCUT2D eigenvalue weighted by Crippen LogP contribution is 1.89. The van der Waals surface area contributed by atoms with Crippen LogP contribution in [0.2, 0.25) is 0 Å². The zero-order valence-corrected chi connectivity index (χ0v) is 8.00. The molecule has 0 aromatic carbocycles. The second kappa shape index (κ2) is 6.62. The Bertz CT molecular complexity index is 236. The molecule has 5 heteroatoms. The van der Waals surface area contributed by atoms with Crippen molar-refractivity contribution in [3.05, 3.63) is 24.4 Å². The van der Waals surface area contributed by atoms with E-state index in [0.29, 0.717) is 11.8 Å². The van der Waals surface area contributed by atoms with Crippen LogP contribution in [0.4, 0.5) is 0 Å². The number of allylic oxidation sites excluding steroid dienone is 1. The average molecular weight is 202 g/mol. The van der Waals surface area contributed by atoms with Gasteiger partial charge in [0.05, 0.1) is 0 Å². The number of nitrogens with zero attached hydrogens (tertiary/aromatic N) is 2. The van der Waals surface area contributed by atoms with E-state index in [1.165, 1.54) is 6.33 Å². The maximum atomic E-state index is 5.45. The first-order chi connectivity index (χ1) is 6.43. The van der Waals surface area contributed by atoms with Gasteiger partial charge in [0.25, 0.3) is 0 Å². The van der Waals surface area contributed by atoms with E-state index in [-0.39, 0.29) is 0 Å². The van der Waals surface area contributed by atoms with E-state index in [1.807, 2.05) is 12.2 Å². The zero-order chi connectivity index (χ0) is 9.36. The quantitative estimate of drug-likeness (QED) is 0.424. The minimum atomic E-state index is 0.561. The van der Waals surface area contributed by atoms with E-state index in [9.17, 15) is 0 Å². The van der Waals surface area contributed by atoms with Gasteiger partial charge in [0.2, 0.25) is 5.89 Å². The molecule has 0 aliphatic rings. The number of hydrogen-bond donors (Lipinski definition) is 1. The molecule has 0 spiro atoms. The summed E-state index contributed by atoms with van der Waals surface area (Å²) < 4.78 is 4.82. The monoisotopic (exact) mass is 201 g/mol. The molecule has 0 atom stereocenters. The summed E-state index contributed by atoms with van der Waals surface area (Å²) in [6.45, 7) is 1.65. The summed E-state index contributed by atoms with van der Waals surface area (Å²) in [5, 5.41) is 6.69. The summed E-state index contributed by atoms with van der Waals surface area (Å²) in [6, 6.07) is 0. The molecule has 0 saturated heterocycles. The summed E-state index contributed by atoms with van der Waals surface area (Å²) in [7, 11) is 0. The molecular formula is C8H12ClN3O. The third-order valence-corrected chi connectivity index (χ3v) is 1.62. The van der Waals surface area contributed by atoms with Gasteiger partial charge in [-0.15, -0.1) is 11.6 Å². The van der Waals surface area contributed by atoms with Crippen molar-refractivity contribution in [2.75, 3.05) is 19.0 Å². The number of hydrogen-bond acceptors (Lipinski definition) is 4. The normalized spacial score (nSPS) is 11.2. The second-order valence-electron chi connectivity index (χ2n) is 2.41. The van der Waals surface area contributed by atoms with Crippen LogP contribution in [0.25, 0.3) is 0 Å². The molecule has 0 unspecified atom stereocenters. The molecule has 1 aromatic heterocycles. The van der Waals surface area contributed by atoms with Gasteiger partial charge in [-0.05, 0) is 0 Å². The van der Waals surface area contributed by atoms with Crippen molar-refractivity contribution < 1.29 is 4.52 Å². The van der Waals surface area contributed by atoms with Gasteiger partial charge in [0, 0.05) is 25.4 Å². The van der Waals surface area contributed by atoms with E-state index in [2.05, 4.69) is 15.5 Å². The number of nitrogens with one attached hydrogen (secondary N) is 1. The molecule has 72 valence electrons. The molecule has 0 amide bonds. The van der Waals surface area contributed by atoms with Crippen LogP contribution in [0.3, 0.4) is 0 Å². The van der Waals surface area contributed by atoms with Crippen LogP contribution >= 0.6 is 11.6 Å². The molecular weight excluding hydrogens is 190 g/mol. The lowest BCUT2D eigenvalue weighted by Gasteiger charge is -1.96. The van der Waals surface area contributed by atoms with Gasteiger partial charge in [-0.3, -0.25) is 0 Å². The Labute approximate surface area is 82.0 Å². The standard InChI is InChI=1S/C8H12ClN3O/c9-4-1-2-5-10-6-3-8-11-7-12-13-8/h1-2,7,10H,3-6H2/b2-1+. The zero-order valence-electron chi connectivity index (χ0n) is 7.24. The summed E-state index contributed by atoms with van der Waals surface area (Å²) in [4.78, 5) is 3.89. The first-order valence-corrected chi connectivity index (χ1v) is 4.64. The number of halogens is 1. The molecule has 0 bridgehead atoms. The molecule has 0 aliphatic carbocycles. The third-order valence-electron chi connectivity index (χ3n) is 1.44. The van der Waals surface area contributed by atoms with Gasteiger partial charge in [0.15, 0.2) is 6.33 Å². The van der Waals surface area contributed by atoms with Gasteiger partial charge in [-0.1, -0.05) is 17.3 Å². The summed E-state index contributed by atoms with van der Waals surface area (Å²) in [5.41, 5.74) is 0. The smallest absolute Gasteiger partial charge is 0.227 e. The largest absolute Gasteiger partial charge is 0.340 e. The molecule has 1 rings (SSSR count). The molecule has 1 aromatic rings. The average Bonchev–Trinajstić information content (AvgIpc) is 2.63. The van der Waals surface area contributed by atoms with Gasteiger partial charge >= 0.3 is 0 Å². The SMILES string of the molecule is ClC/C=C/CNCCc1ncno1. The Kier molecular flexibility index (Phi) is 5.20. The third kappa shape index (κ3) is 4.65. The Morgan fingerprint density at radius 3 is 3.15 bits per heavy atom. The highest BCUT2D eigenvalue weighted by Gasteiger charge is 1.95. The van der Waals surface area contributed by atoms with Crippen molar-refractivity contribution in [2.45, 2.75) is 6.42 Å². The molecule has 0 radical (unpaired) electrons. The van der Waals surface area contributed by atoms with Crippen LogP contribution in [-0.2, 0) is 6.42 Å². The number of alkyl halides is 1. The molecule has 13 heavy (non-hydrogen) atoms. The molecule has 4 nitrogen and oxygen atoms in total. The molecule has 0 aliphatic heterocycles. The van der Waals surface area contributed by atoms with Crippen molar-refractivity contribution in [2.24, 2.45) is 0 Å². The van der Waals surface area contributed by atoms with Gasteiger partial charge in [-0.2, -0.15) is 4.98 Å². The van der Waals surface area contributed by atoms with Crippen LogP contribution in [0, 0.1) is 0 Å². The van der Waals surface area contributed by atoms with Crippen LogP contribution in [0.15, 0.2) is 23.0 Å². The Morgan fingerprint density at radius 1 is 1.54 bits per heavy atom. The second-order valence-corrected chi connectivity index (χ2v) is 2.72. The lowest BCUT2D eigenvalue weighted by molar-refractivity contribution is 0.375. The van der Waals surface area contributed by atoms with Gasteiger partial charge < -0.3 is 9.84 Å². The van der Waals surface area contributed by atoms with Crippen molar-refractivity contribution in [1.82, 2.24) is 15.5 Å². The highest BCUT2D eigenvalue weighted by atomic mass is 35.5. The molecule has 0 fully saturated rings. The van der Waals surface area contributed by atoms with Crippen LogP contribution in [0.5, 0.6) is 0 Å². The van der Waals surface area contributed by atoms with Crippen LogP contribution in [0.1, 0.15) is 5.89 Å². The van der Waals surface area contributed by atoms with Crippen molar-refractivity contribution in [3.8, 4) is 0 Å². The fraction of sp³-hybridized carbons (Fsp3) is 0.500. The van der Waals surface area contributed by atoms with E-state index in [0.717, 1.165) is 19.5 Å². The van der Waals surface area contributed by atoms with Crippen LogP contribution < -0.4 is 5.32 Å². The van der Waals surface area contributed by atoms with E-state index in [1.54, 1.807) is 0 Å². The minimum absolute atomic E-state index is 0.561. The minimum Gasteiger partial charge on any atom is -0.340 e. The summed E-state index contributed by atoms with van der Waals surface area (Å²) >= 11 is 5.45. The van der Waals surface area contributed by atoms with Gasteiger partial charge in [0.1, 0.15) is 0 Å². The van der Waals surface area contributed by atoms with Crippen molar-refractivity contribution in [1.29, 1.82) is 0 Å². The Morgan fingerprint density at radius 2 is 2.46 bits per heavy atom. The van der Waals surface area contributed by atoms with Crippen LogP contribution in [-0.4, -0.2) is 29.1 Å². The lowest BCUT2D eigenvalue weighted by Crippen LogP contribution is -2.17. The van der Waals surface area contributed by atoms with Crippen molar-refractivity contribution in [3.63, 3.8) is 0 Å². The fourth-order valence-corrected chi connectivity index (χ4v) is 0.959. The summed E-state index contributed by atoms with van der Waals surface area (Å²) in [6.07, 6.45) is 6.06. The van der Waals surface area contributed by atoms with E-state index in [4.69, 9.17) is 16.1 Å². The number of rotatable bonds is 6. The maximum Gasteiger partial charge on any atom is 0.227 e. The maximum absolute atomic E-state index is 5.45. The first kappa shape index (κ1) is 10.2. The molecule has 0 saturated carbocycles. The molecule has 1 N–H and O–H groups in total. The predicted octanol–water partition coefficient (Wildman–Crippen LogP) is 0.997. The fourth-order valence-electron chi connectivity index (χ4n) is 0.833. The first-order valence-electron chi connectivity index (χ1n) is 4.10. The lowest BCUT2D eigenvalue weighted by atomic mass is 10.4. The highest BCUT2D eigenvalue weighted by molar-refractivity contribution is 6.18. The van der Waals surface area contributed by atoms with E-state index >= 15 is 0 Å². The van der Waals surface area contributed by atoms with E-state index < -0.39 is 0 Å². The molecule has 1 heterocycles. The summed E-state index contributed by atoms with van der Waals surface area (Å²) in [5.74, 6) is 1.22. The van der Waals surface area contributed by atoms with Crippen molar-refractivity contribution >= 4 is 11.6 Å². The Balaban J connectivity index is 1.99. The topological polar surface area (TPSA) is 51.0 Å². The number of aromatic nitrogens is 2.